The van der Waals surface area contributed by atoms with E-state index in [9.17, 15) is 49.4 Å². The standard InChI is InChI=1S/C32H35N7O11S2/c1-32(2)26(31(47)50-15-37-22(42)12-13-23(37)43)38-29(46)25(30(38)51-32)35-28(45)24(16-8-10-17(40)11-9-16)34-27(44)18(14-21(41)33-3)36-52-20-7-5-4-6-19(20)39(48)49/h4-13,18,24-26,30,36,40,42-43H,14-15H2,1-3H3,(H,33,41)(H,34,44)(H,35,45)/t18?,24?,25-,26+,30-/m1/s1. The first-order valence-corrected chi connectivity index (χ1v) is 17.3. The summed E-state index contributed by atoms with van der Waals surface area (Å²) in [6, 6.07) is 8.63. The number of phenolic OH excluding ortho intramolecular Hbond substituents is 1. The number of esters is 1. The first-order valence-electron chi connectivity index (χ1n) is 15.6. The lowest BCUT2D eigenvalue weighted by molar-refractivity contribution is -0.387. The van der Waals surface area contributed by atoms with Crippen molar-refractivity contribution in [2.75, 3.05) is 7.05 Å². The number of aromatic hydroxyl groups is 3. The molecule has 0 saturated carbocycles. The van der Waals surface area contributed by atoms with Crippen LogP contribution in [0.5, 0.6) is 17.5 Å². The number of nitro benzene ring substituents is 1. The van der Waals surface area contributed by atoms with Gasteiger partial charge in [-0.3, -0.25) is 29.3 Å². The quantitative estimate of drug-likeness (QED) is 0.0402. The predicted octanol–water partition coefficient (Wildman–Crippen LogP) is 1.22. The molecule has 0 radical (unpaired) electrons. The summed E-state index contributed by atoms with van der Waals surface area (Å²) in [5, 5.41) is 48.1. The van der Waals surface area contributed by atoms with E-state index in [1.165, 1.54) is 78.3 Å². The van der Waals surface area contributed by atoms with Crippen LogP contribution in [0.3, 0.4) is 0 Å². The molecule has 18 nitrogen and oxygen atoms in total. The molecule has 3 heterocycles. The third kappa shape index (κ3) is 7.87. The zero-order valence-electron chi connectivity index (χ0n) is 27.8. The van der Waals surface area contributed by atoms with E-state index < -0.39 is 82.0 Å². The molecule has 5 atom stereocenters. The Bertz CT molecular complexity index is 1870. The van der Waals surface area contributed by atoms with E-state index in [2.05, 4.69) is 20.7 Å². The maximum absolute atomic E-state index is 13.9. The van der Waals surface area contributed by atoms with Gasteiger partial charge in [-0.2, -0.15) is 0 Å². The van der Waals surface area contributed by atoms with Crippen molar-refractivity contribution in [2.45, 2.75) is 66.2 Å². The molecule has 0 spiro atoms. The average Bonchev–Trinajstić information content (AvgIpc) is 3.57. The number of benzene rings is 2. The van der Waals surface area contributed by atoms with Gasteiger partial charge in [0.05, 0.1) is 11.3 Å². The zero-order chi connectivity index (χ0) is 37.9. The fourth-order valence-corrected chi connectivity index (χ4v) is 8.14. The Morgan fingerprint density at radius 1 is 1.02 bits per heavy atom. The van der Waals surface area contributed by atoms with E-state index in [0.717, 1.165) is 16.5 Å². The number of nitrogens with one attached hydrogen (secondary N) is 4. The molecule has 2 fully saturated rings. The van der Waals surface area contributed by atoms with E-state index in [0.29, 0.717) is 0 Å². The van der Waals surface area contributed by atoms with Gasteiger partial charge in [-0.1, -0.05) is 24.3 Å². The first kappa shape index (κ1) is 37.8. The summed E-state index contributed by atoms with van der Waals surface area (Å²) >= 11 is 2.00. The molecule has 2 aromatic carbocycles. The molecular weight excluding hydrogens is 723 g/mol. The van der Waals surface area contributed by atoms with E-state index in [1.807, 2.05) is 0 Å². The van der Waals surface area contributed by atoms with Crippen LogP contribution in [-0.2, 0) is 35.4 Å². The van der Waals surface area contributed by atoms with Crippen LogP contribution in [-0.4, -0.2) is 94.6 Å². The Kier molecular flexibility index (Phi) is 11.2. The van der Waals surface area contributed by atoms with Crippen LogP contribution in [0.1, 0.15) is 31.9 Å². The van der Waals surface area contributed by atoms with Crippen LogP contribution in [0.15, 0.2) is 65.6 Å². The fourth-order valence-electron chi connectivity index (χ4n) is 5.66. The second-order valence-electron chi connectivity index (χ2n) is 12.2. The number of β-lactam (4-membered cyclic amide) rings is 1. The highest BCUT2D eigenvalue weighted by Crippen LogP contribution is 2.51. The number of amides is 4. The average molecular weight is 758 g/mol. The number of ether oxygens (including phenoxy) is 1. The monoisotopic (exact) mass is 757 g/mol. The van der Waals surface area contributed by atoms with E-state index in [-0.39, 0.29) is 33.7 Å². The largest absolute Gasteiger partial charge is 0.508 e. The Morgan fingerprint density at radius 2 is 1.67 bits per heavy atom. The van der Waals surface area contributed by atoms with Crippen molar-refractivity contribution in [1.29, 1.82) is 0 Å². The molecule has 2 aliphatic heterocycles. The van der Waals surface area contributed by atoms with Crippen molar-refractivity contribution in [1.82, 2.24) is 30.1 Å². The van der Waals surface area contributed by atoms with Gasteiger partial charge in [0.1, 0.15) is 40.2 Å². The minimum absolute atomic E-state index is 0.122. The zero-order valence-corrected chi connectivity index (χ0v) is 29.5. The molecule has 2 unspecified atom stereocenters. The van der Waals surface area contributed by atoms with Crippen molar-refractivity contribution in [3.05, 3.63) is 76.3 Å². The van der Waals surface area contributed by atoms with E-state index in [1.54, 1.807) is 19.9 Å². The van der Waals surface area contributed by atoms with Crippen LogP contribution in [0.4, 0.5) is 5.69 Å². The molecule has 5 rings (SSSR count). The molecule has 0 bridgehead atoms. The number of thioether (sulfide) groups is 1. The number of nitrogens with zero attached hydrogens (tertiary/aromatic N) is 3. The number of para-hydroxylation sites is 1. The second kappa shape index (κ2) is 15.4. The fraction of sp³-hybridized carbons (Fsp3) is 0.344. The van der Waals surface area contributed by atoms with Gasteiger partial charge in [0.25, 0.3) is 5.69 Å². The molecule has 0 aliphatic carbocycles. The molecule has 4 amide bonds. The number of carbonyl (C=O) groups is 5. The maximum Gasteiger partial charge on any atom is 0.332 e. The minimum Gasteiger partial charge on any atom is -0.508 e. The number of hydrogen-bond donors (Lipinski definition) is 7. The summed E-state index contributed by atoms with van der Waals surface area (Å²) in [6.07, 6.45) is -0.412. The topological polar surface area (TPSA) is 255 Å². The lowest BCUT2D eigenvalue weighted by Crippen LogP contribution is -2.71. The third-order valence-electron chi connectivity index (χ3n) is 8.37. The second-order valence-corrected chi connectivity index (χ2v) is 14.9. The maximum atomic E-state index is 13.9. The predicted molar refractivity (Wildman–Crippen MR) is 185 cm³/mol. The highest BCUT2D eigenvalue weighted by molar-refractivity contribution is 8.01. The number of aromatic nitrogens is 1. The minimum atomic E-state index is -1.44. The smallest absolute Gasteiger partial charge is 0.332 e. The van der Waals surface area contributed by atoms with E-state index in [4.69, 9.17) is 4.74 Å². The van der Waals surface area contributed by atoms with Gasteiger partial charge in [-0.25, -0.2) is 14.1 Å². The Morgan fingerprint density at radius 3 is 2.31 bits per heavy atom. The van der Waals surface area contributed by atoms with Crippen LogP contribution in [0, 0.1) is 10.1 Å². The number of fused-ring (bicyclic) bond motifs is 1. The SMILES string of the molecule is CNC(=O)CC(NSc1ccccc1[N+](=O)[O-])C(=O)NC(C(=O)N[C@@H]1C(=O)N2[C@@H]1SC(C)(C)[C@@H]2C(=O)OCn1c(O)ccc1O)c1ccc(O)cc1. The molecule has 1 aromatic heterocycles. The molecule has 7 N–H and O–H groups in total. The van der Waals surface area contributed by atoms with E-state index >= 15 is 0 Å². The molecule has 276 valence electrons. The Balaban J connectivity index is 1.32. The van der Waals surface area contributed by atoms with Gasteiger partial charge in [0, 0.05) is 30.0 Å². The number of carbonyl (C=O) groups excluding carboxylic acids is 5. The number of rotatable bonds is 14. The third-order valence-corrected chi connectivity index (χ3v) is 10.9. The summed E-state index contributed by atoms with van der Waals surface area (Å²) < 4.78 is 8.18. The molecular formula is C32H35N7O11S2. The van der Waals surface area contributed by atoms with Crippen LogP contribution < -0.4 is 20.7 Å². The summed E-state index contributed by atoms with van der Waals surface area (Å²) in [7, 11) is 1.36. The highest BCUT2D eigenvalue weighted by atomic mass is 32.2. The Labute approximate surface area is 304 Å². The highest BCUT2D eigenvalue weighted by Gasteiger charge is 2.64. The summed E-state index contributed by atoms with van der Waals surface area (Å²) in [5.74, 6) is -4.38. The molecule has 52 heavy (non-hydrogen) atoms. The van der Waals surface area contributed by atoms with Crippen LogP contribution >= 0.6 is 23.7 Å². The van der Waals surface area contributed by atoms with Gasteiger partial charge >= 0.3 is 5.97 Å². The van der Waals surface area contributed by atoms with Gasteiger partial charge in [0.2, 0.25) is 23.6 Å². The number of phenols is 1. The number of hydrogen-bond acceptors (Lipinski definition) is 14. The lowest BCUT2D eigenvalue weighted by Gasteiger charge is -2.44. The molecule has 2 aliphatic rings. The molecule has 20 heteroatoms. The number of nitro groups is 1. The normalized spacial score (nSPS) is 19.8. The summed E-state index contributed by atoms with van der Waals surface area (Å²) in [5.41, 5.74) is -0.0164. The van der Waals surface area contributed by atoms with Crippen molar-refractivity contribution < 1.29 is 49.0 Å². The van der Waals surface area contributed by atoms with Gasteiger partial charge in [-0.15, -0.1) is 11.8 Å². The lowest BCUT2D eigenvalue weighted by atomic mass is 9.95. The van der Waals surface area contributed by atoms with Crippen molar-refractivity contribution >= 4 is 59.0 Å². The summed E-state index contributed by atoms with van der Waals surface area (Å²) in [6.45, 7) is 2.93. The van der Waals surface area contributed by atoms with Crippen molar-refractivity contribution in [2.24, 2.45) is 0 Å². The Hall–Kier alpha value is -5.47. The summed E-state index contributed by atoms with van der Waals surface area (Å²) in [4.78, 5) is 79.0. The van der Waals surface area contributed by atoms with Gasteiger partial charge in [-0.05, 0) is 49.6 Å². The van der Waals surface area contributed by atoms with Gasteiger partial charge in [0.15, 0.2) is 18.5 Å². The van der Waals surface area contributed by atoms with Crippen molar-refractivity contribution in [3.8, 4) is 17.5 Å². The van der Waals surface area contributed by atoms with Gasteiger partial charge < -0.3 is 40.9 Å². The molecule has 2 saturated heterocycles. The molecule has 3 aromatic rings. The first-order chi connectivity index (χ1) is 24.6. The van der Waals surface area contributed by atoms with Crippen LogP contribution in [0.25, 0.3) is 0 Å². The van der Waals surface area contributed by atoms with Crippen molar-refractivity contribution in [3.63, 3.8) is 0 Å². The van der Waals surface area contributed by atoms with Crippen LogP contribution in [0.2, 0.25) is 0 Å².